The number of hydrogen-bond donors (Lipinski definition) is 4. The zero-order valence-corrected chi connectivity index (χ0v) is 16.4. The first-order valence-electron chi connectivity index (χ1n) is 9.12. The minimum atomic E-state index is -1.22. The SMILES string of the molecule is CCNC(=NCC(C)(O)c1ccc(C)o1)NCCNc1ccccc1[N+](=O)[O-]. The Kier molecular flexibility index (Phi) is 7.39. The molecule has 1 aromatic carbocycles. The molecule has 1 aromatic heterocycles. The molecule has 0 saturated carbocycles. The topological polar surface area (TPSA) is 125 Å². The van der Waals surface area contributed by atoms with Crippen LogP contribution >= 0.6 is 0 Å². The third kappa shape index (κ3) is 5.98. The summed E-state index contributed by atoms with van der Waals surface area (Å²) in [6.45, 7) is 7.13. The van der Waals surface area contributed by atoms with Crippen LogP contribution in [0.3, 0.4) is 0 Å². The number of para-hydroxylation sites is 2. The molecule has 28 heavy (non-hydrogen) atoms. The number of furan rings is 1. The van der Waals surface area contributed by atoms with Gasteiger partial charge in [0.15, 0.2) is 5.96 Å². The summed E-state index contributed by atoms with van der Waals surface area (Å²) in [4.78, 5) is 15.0. The van der Waals surface area contributed by atoms with Crippen LogP contribution in [-0.2, 0) is 5.60 Å². The Bertz CT molecular complexity index is 816. The summed E-state index contributed by atoms with van der Waals surface area (Å²) in [5.74, 6) is 1.73. The van der Waals surface area contributed by atoms with E-state index in [2.05, 4.69) is 20.9 Å². The highest BCUT2D eigenvalue weighted by atomic mass is 16.6. The zero-order valence-electron chi connectivity index (χ0n) is 16.4. The van der Waals surface area contributed by atoms with Crippen molar-refractivity contribution < 1.29 is 14.4 Å². The van der Waals surface area contributed by atoms with E-state index in [-0.39, 0.29) is 12.2 Å². The van der Waals surface area contributed by atoms with E-state index in [1.54, 1.807) is 37.3 Å². The van der Waals surface area contributed by atoms with Gasteiger partial charge in [0.2, 0.25) is 0 Å². The Labute approximate surface area is 164 Å². The average molecular weight is 389 g/mol. The van der Waals surface area contributed by atoms with Gasteiger partial charge in [-0.1, -0.05) is 12.1 Å². The molecule has 152 valence electrons. The largest absolute Gasteiger partial charge is 0.463 e. The number of hydrogen-bond acceptors (Lipinski definition) is 6. The smallest absolute Gasteiger partial charge is 0.292 e. The van der Waals surface area contributed by atoms with Crippen molar-refractivity contribution in [3.63, 3.8) is 0 Å². The molecular weight excluding hydrogens is 362 g/mol. The number of guanidine groups is 1. The Morgan fingerprint density at radius 2 is 2.00 bits per heavy atom. The van der Waals surface area contributed by atoms with E-state index in [1.165, 1.54) is 6.07 Å². The van der Waals surface area contributed by atoms with Crippen LogP contribution in [0.15, 0.2) is 45.8 Å². The molecule has 0 spiro atoms. The number of aliphatic imine (C=N–C) groups is 1. The van der Waals surface area contributed by atoms with Gasteiger partial charge < -0.3 is 25.5 Å². The van der Waals surface area contributed by atoms with Gasteiger partial charge in [-0.15, -0.1) is 0 Å². The first-order chi connectivity index (χ1) is 13.3. The van der Waals surface area contributed by atoms with Crippen molar-refractivity contribution in [1.82, 2.24) is 10.6 Å². The van der Waals surface area contributed by atoms with Crippen molar-refractivity contribution in [3.8, 4) is 0 Å². The Hall–Kier alpha value is -3.07. The van der Waals surface area contributed by atoms with E-state index in [0.29, 0.717) is 37.0 Å². The maximum atomic E-state index is 11.0. The van der Waals surface area contributed by atoms with Crippen LogP contribution < -0.4 is 16.0 Å². The highest BCUT2D eigenvalue weighted by Crippen LogP contribution is 2.23. The maximum absolute atomic E-state index is 11.0. The Balaban J connectivity index is 1.90. The minimum absolute atomic E-state index is 0.0351. The molecule has 4 N–H and O–H groups in total. The van der Waals surface area contributed by atoms with Crippen molar-refractivity contribution in [2.24, 2.45) is 4.99 Å². The molecule has 0 aliphatic carbocycles. The first kappa shape index (κ1) is 21.2. The van der Waals surface area contributed by atoms with E-state index in [1.807, 2.05) is 13.8 Å². The second-order valence-corrected chi connectivity index (χ2v) is 6.51. The highest BCUT2D eigenvalue weighted by Gasteiger charge is 2.26. The van der Waals surface area contributed by atoms with Crippen molar-refractivity contribution in [2.45, 2.75) is 26.4 Å². The van der Waals surface area contributed by atoms with Gasteiger partial charge in [0, 0.05) is 25.7 Å². The highest BCUT2D eigenvalue weighted by molar-refractivity contribution is 5.79. The number of nitrogens with one attached hydrogen (secondary N) is 3. The van der Waals surface area contributed by atoms with Crippen LogP contribution in [0.2, 0.25) is 0 Å². The van der Waals surface area contributed by atoms with Crippen LogP contribution in [0.25, 0.3) is 0 Å². The van der Waals surface area contributed by atoms with Crippen molar-refractivity contribution in [3.05, 3.63) is 58.0 Å². The maximum Gasteiger partial charge on any atom is 0.292 e. The number of rotatable bonds is 9. The number of nitro benzene ring substituents is 1. The van der Waals surface area contributed by atoms with Gasteiger partial charge in [-0.2, -0.15) is 0 Å². The van der Waals surface area contributed by atoms with Gasteiger partial charge in [0.25, 0.3) is 5.69 Å². The molecule has 1 atom stereocenters. The molecule has 0 radical (unpaired) electrons. The molecular formula is C19H27N5O4. The number of aliphatic hydroxyl groups is 1. The fourth-order valence-corrected chi connectivity index (χ4v) is 2.54. The summed E-state index contributed by atoms with van der Waals surface area (Å²) in [5, 5.41) is 30.9. The fourth-order valence-electron chi connectivity index (χ4n) is 2.54. The zero-order chi connectivity index (χ0) is 20.6. The van der Waals surface area contributed by atoms with Crippen LogP contribution in [-0.4, -0.2) is 42.2 Å². The standard InChI is InChI=1S/C19H27N5O4/c1-4-20-18(23-13-19(3,25)17-10-9-14(2)28-17)22-12-11-21-15-7-5-6-8-16(15)24(26)27/h5-10,21,25H,4,11-13H2,1-3H3,(H2,20,22,23). The Morgan fingerprint density at radius 3 is 2.64 bits per heavy atom. The summed E-state index contributed by atoms with van der Waals surface area (Å²) in [5.41, 5.74) is -0.722. The monoisotopic (exact) mass is 389 g/mol. The molecule has 0 saturated heterocycles. The lowest BCUT2D eigenvalue weighted by atomic mass is 10.0. The molecule has 0 amide bonds. The summed E-state index contributed by atoms with van der Waals surface area (Å²) >= 11 is 0. The minimum Gasteiger partial charge on any atom is -0.463 e. The number of aryl methyl sites for hydroxylation is 1. The van der Waals surface area contributed by atoms with Gasteiger partial charge >= 0.3 is 0 Å². The van der Waals surface area contributed by atoms with E-state index in [0.717, 1.165) is 5.76 Å². The number of anilines is 1. The predicted octanol–water partition coefficient (Wildman–Crippen LogP) is 2.37. The quantitative estimate of drug-likeness (QED) is 0.171. The molecule has 1 heterocycles. The summed E-state index contributed by atoms with van der Waals surface area (Å²) < 4.78 is 5.49. The molecule has 9 heteroatoms. The van der Waals surface area contributed by atoms with Crippen LogP contribution in [0.5, 0.6) is 0 Å². The van der Waals surface area contributed by atoms with Gasteiger partial charge in [0.05, 0.1) is 11.5 Å². The third-order valence-electron chi connectivity index (χ3n) is 3.99. The lowest BCUT2D eigenvalue weighted by Crippen LogP contribution is -2.40. The van der Waals surface area contributed by atoms with E-state index < -0.39 is 10.5 Å². The molecule has 0 aliphatic rings. The van der Waals surface area contributed by atoms with Gasteiger partial charge in [-0.25, -0.2) is 4.99 Å². The molecule has 0 bridgehead atoms. The van der Waals surface area contributed by atoms with Crippen molar-refractivity contribution in [2.75, 3.05) is 31.5 Å². The van der Waals surface area contributed by atoms with E-state index in [4.69, 9.17) is 4.42 Å². The second kappa shape index (κ2) is 9.75. The number of nitrogens with zero attached hydrogens (tertiary/aromatic N) is 2. The molecule has 2 rings (SSSR count). The summed E-state index contributed by atoms with van der Waals surface area (Å²) in [6, 6.07) is 10.0. The second-order valence-electron chi connectivity index (χ2n) is 6.51. The summed E-state index contributed by atoms with van der Waals surface area (Å²) in [7, 11) is 0. The van der Waals surface area contributed by atoms with Crippen LogP contribution in [0.1, 0.15) is 25.4 Å². The van der Waals surface area contributed by atoms with E-state index in [9.17, 15) is 15.2 Å². The molecule has 9 nitrogen and oxygen atoms in total. The third-order valence-corrected chi connectivity index (χ3v) is 3.99. The van der Waals surface area contributed by atoms with Gasteiger partial charge in [-0.05, 0) is 39.0 Å². The van der Waals surface area contributed by atoms with Crippen LogP contribution in [0, 0.1) is 17.0 Å². The fraction of sp³-hybridized carbons (Fsp3) is 0.421. The number of nitro groups is 1. The normalized spacial score (nSPS) is 13.6. The summed E-state index contributed by atoms with van der Waals surface area (Å²) in [6.07, 6.45) is 0. The first-order valence-corrected chi connectivity index (χ1v) is 9.12. The number of benzene rings is 1. The van der Waals surface area contributed by atoms with Crippen LogP contribution in [0.4, 0.5) is 11.4 Å². The van der Waals surface area contributed by atoms with E-state index >= 15 is 0 Å². The average Bonchev–Trinajstić information content (AvgIpc) is 3.10. The van der Waals surface area contributed by atoms with Gasteiger partial charge in [-0.3, -0.25) is 10.1 Å². The van der Waals surface area contributed by atoms with Crippen molar-refractivity contribution in [1.29, 1.82) is 0 Å². The molecule has 0 aliphatic heterocycles. The Morgan fingerprint density at radius 1 is 1.25 bits per heavy atom. The lowest BCUT2D eigenvalue weighted by molar-refractivity contribution is -0.384. The lowest BCUT2D eigenvalue weighted by Gasteiger charge is -2.19. The molecule has 1 unspecified atom stereocenters. The van der Waals surface area contributed by atoms with Crippen molar-refractivity contribution >= 4 is 17.3 Å². The van der Waals surface area contributed by atoms with Gasteiger partial charge in [0.1, 0.15) is 22.8 Å². The molecule has 2 aromatic rings. The molecule has 0 fully saturated rings. The predicted molar refractivity (Wildman–Crippen MR) is 109 cm³/mol.